The molecule has 0 radical (unpaired) electrons. The molecule has 4 rings (SSSR count). The maximum atomic E-state index is 12.6. The van der Waals surface area contributed by atoms with Crippen LogP contribution in [0.25, 0.3) is 0 Å². The van der Waals surface area contributed by atoms with Crippen LogP contribution in [0, 0.1) is 6.92 Å². The first-order valence-corrected chi connectivity index (χ1v) is 9.95. The summed E-state index contributed by atoms with van der Waals surface area (Å²) in [6.07, 6.45) is 1.53. The number of aryl methyl sites for hydroxylation is 1. The third-order valence-electron chi connectivity index (χ3n) is 5.34. The van der Waals surface area contributed by atoms with Crippen LogP contribution < -0.4 is 0 Å². The zero-order valence-corrected chi connectivity index (χ0v) is 17.0. The summed E-state index contributed by atoms with van der Waals surface area (Å²) < 4.78 is 7.15. The lowest BCUT2D eigenvalue weighted by Crippen LogP contribution is -2.50. The standard InChI is InChI=1S/C21H26N6O2/c1-15(2)27-20(22-23-24-27)19(17-8-6-16(3)7-9-17)25-10-12-26(13-11-25)21(28)18-5-4-14-29-18/h4-9,14-15,19H,10-13H2,1-3H3. The number of furan rings is 1. The van der Waals surface area contributed by atoms with Gasteiger partial charge in [0.05, 0.1) is 18.3 Å². The van der Waals surface area contributed by atoms with Crippen molar-refractivity contribution >= 4 is 5.91 Å². The Morgan fingerprint density at radius 1 is 1.07 bits per heavy atom. The minimum Gasteiger partial charge on any atom is -0.459 e. The van der Waals surface area contributed by atoms with Gasteiger partial charge < -0.3 is 9.32 Å². The van der Waals surface area contributed by atoms with Gasteiger partial charge in [-0.1, -0.05) is 29.8 Å². The molecule has 1 aromatic carbocycles. The van der Waals surface area contributed by atoms with Crippen molar-refractivity contribution in [3.8, 4) is 0 Å². The number of hydrogen-bond donors (Lipinski definition) is 0. The van der Waals surface area contributed by atoms with Gasteiger partial charge in [0.2, 0.25) is 0 Å². The van der Waals surface area contributed by atoms with Gasteiger partial charge in [0.25, 0.3) is 5.91 Å². The average Bonchev–Trinajstić information content (AvgIpc) is 3.42. The first-order valence-electron chi connectivity index (χ1n) is 9.95. The molecule has 8 heteroatoms. The van der Waals surface area contributed by atoms with E-state index in [0.717, 1.165) is 24.5 Å². The lowest BCUT2D eigenvalue weighted by atomic mass is 10.0. The summed E-state index contributed by atoms with van der Waals surface area (Å²) in [6.45, 7) is 8.95. The van der Waals surface area contributed by atoms with Gasteiger partial charge in [0.15, 0.2) is 11.6 Å². The molecular weight excluding hydrogens is 368 g/mol. The van der Waals surface area contributed by atoms with Crippen LogP contribution in [-0.4, -0.2) is 62.1 Å². The number of carbonyl (C=O) groups excluding carboxylic acids is 1. The van der Waals surface area contributed by atoms with Gasteiger partial charge in [-0.25, -0.2) is 4.68 Å². The second-order valence-electron chi connectivity index (χ2n) is 7.69. The Morgan fingerprint density at radius 2 is 1.79 bits per heavy atom. The zero-order chi connectivity index (χ0) is 20.4. The number of benzene rings is 1. The van der Waals surface area contributed by atoms with Crippen LogP contribution in [0.5, 0.6) is 0 Å². The lowest BCUT2D eigenvalue weighted by molar-refractivity contribution is 0.0558. The maximum Gasteiger partial charge on any atom is 0.289 e. The molecule has 1 aliphatic heterocycles. The van der Waals surface area contributed by atoms with Crippen molar-refractivity contribution < 1.29 is 9.21 Å². The first-order chi connectivity index (χ1) is 14.0. The van der Waals surface area contributed by atoms with Crippen LogP contribution in [0.4, 0.5) is 0 Å². The summed E-state index contributed by atoms with van der Waals surface area (Å²) in [5.74, 6) is 1.15. The molecule has 1 unspecified atom stereocenters. The lowest BCUT2D eigenvalue weighted by Gasteiger charge is -2.38. The molecule has 3 aromatic rings. The molecule has 0 N–H and O–H groups in total. The number of hydrogen-bond acceptors (Lipinski definition) is 6. The van der Waals surface area contributed by atoms with E-state index >= 15 is 0 Å². The molecule has 152 valence electrons. The van der Waals surface area contributed by atoms with Crippen molar-refractivity contribution in [3.63, 3.8) is 0 Å². The van der Waals surface area contributed by atoms with E-state index in [2.05, 4.69) is 65.5 Å². The Hall–Kier alpha value is -3.00. The van der Waals surface area contributed by atoms with E-state index in [1.807, 2.05) is 9.58 Å². The van der Waals surface area contributed by atoms with Crippen LogP contribution in [0.15, 0.2) is 47.1 Å². The van der Waals surface area contributed by atoms with Gasteiger partial charge in [0, 0.05) is 26.2 Å². The van der Waals surface area contributed by atoms with Crippen LogP contribution >= 0.6 is 0 Å². The Balaban J connectivity index is 1.58. The summed E-state index contributed by atoms with van der Waals surface area (Å²) in [6, 6.07) is 12.1. The van der Waals surface area contributed by atoms with Crippen LogP contribution in [0.3, 0.4) is 0 Å². The van der Waals surface area contributed by atoms with Crippen LogP contribution in [0.1, 0.15) is 53.4 Å². The quantitative estimate of drug-likeness (QED) is 0.662. The van der Waals surface area contributed by atoms with E-state index < -0.39 is 0 Å². The Kier molecular flexibility index (Phi) is 5.44. The van der Waals surface area contributed by atoms with Crippen molar-refractivity contribution in [1.82, 2.24) is 30.0 Å². The fourth-order valence-corrected chi connectivity index (χ4v) is 3.76. The van der Waals surface area contributed by atoms with Crippen molar-refractivity contribution in [2.45, 2.75) is 32.9 Å². The van der Waals surface area contributed by atoms with Gasteiger partial charge in [-0.2, -0.15) is 0 Å². The van der Waals surface area contributed by atoms with Crippen molar-refractivity contribution in [1.29, 1.82) is 0 Å². The molecule has 3 heterocycles. The number of nitrogens with zero attached hydrogens (tertiary/aromatic N) is 6. The number of piperazine rings is 1. The molecule has 0 bridgehead atoms. The maximum absolute atomic E-state index is 12.6. The molecule has 1 saturated heterocycles. The average molecular weight is 394 g/mol. The predicted molar refractivity (Wildman–Crippen MR) is 107 cm³/mol. The highest BCUT2D eigenvalue weighted by Crippen LogP contribution is 2.29. The predicted octanol–water partition coefficient (Wildman–Crippen LogP) is 2.70. The highest BCUT2D eigenvalue weighted by molar-refractivity contribution is 5.91. The minimum absolute atomic E-state index is 0.0612. The van der Waals surface area contributed by atoms with Crippen molar-refractivity contribution in [3.05, 3.63) is 65.4 Å². The topological polar surface area (TPSA) is 80.3 Å². The normalized spacial score (nSPS) is 16.3. The summed E-state index contributed by atoms with van der Waals surface area (Å²) in [5, 5.41) is 12.5. The molecule has 2 aromatic heterocycles. The minimum atomic E-state index is -0.0615. The molecule has 1 fully saturated rings. The molecule has 1 amide bonds. The van der Waals surface area contributed by atoms with Crippen LogP contribution in [0.2, 0.25) is 0 Å². The highest BCUT2D eigenvalue weighted by atomic mass is 16.3. The number of aromatic nitrogens is 4. The van der Waals surface area contributed by atoms with Crippen molar-refractivity contribution in [2.24, 2.45) is 0 Å². The Labute approximate surface area is 170 Å². The van der Waals surface area contributed by atoms with E-state index in [0.29, 0.717) is 18.8 Å². The summed E-state index contributed by atoms with van der Waals surface area (Å²) in [7, 11) is 0. The second kappa shape index (κ2) is 8.16. The number of tetrazole rings is 1. The first kappa shape index (κ1) is 19.3. The van der Waals surface area contributed by atoms with Gasteiger partial charge in [0.1, 0.15) is 0 Å². The molecule has 0 saturated carbocycles. The molecule has 1 aliphatic rings. The molecule has 0 spiro atoms. The molecule has 8 nitrogen and oxygen atoms in total. The fraction of sp³-hybridized carbons (Fsp3) is 0.429. The molecule has 29 heavy (non-hydrogen) atoms. The monoisotopic (exact) mass is 394 g/mol. The summed E-state index contributed by atoms with van der Waals surface area (Å²) in [5.41, 5.74) is 2.36. The number of carbonyl (C=O) groups is 1. The molecule has 0 aliphatic carbocycles. The second-order valence-corrected chi connectivity index (χ2v) is 7.69. The van der Waals surface area contributed by atoms with Gasteiger partial charge in [-0.3, -0.25) is 9.69 Å². The van der Waals surface area contributed by atoms with Gasteiger partial charge in [-0.05, 0) is 48.9 Å². The summed E-state index contributed by atoms with van der Waals surface area (Å²) in [4.78, 5) is 16.8. The van der Waals surface area contributed by atoms with E-state index in [1.165, 1.54) is 11.8 Å². The number of amides is 1. The SMILES string of the molecule is Cc1ccc(C(c2nnnn2C(C)C)N2CCN(C(=O)c3ccco3)CC2)cc1. The van der Waals surface area contributed by atoms with E-state index in [1.54, 1.807) is 12.1 Å². The van der Waals surface area contributed by atoms with Gasteiger partial charge in [-0.15, -0.1) is 5.10 Å². The van der Waals surface area contributed by atoms with Crippen molar-refractivity contribution in [2.75, 3.05) is 26.2 Å². The zero-order valence-electron chi connectivity index (χ0n) is 17.0. The highest BCUT2D eigenvalue weighted by Gasteiger charge is 2.32. The van der Waals surface area contributed by atoms with Crippen LogP contribution in [-0.2, 0) is 0 Å². The third kappa shape index (κ3) is 3.93. The van der Waals surface area contributed by atoms with E-state index in [-0.39, 0.29) is 18.0 Å². The molecule has 1 atom stereocenters. The Bertz CT molecular complexity index is 940. The third-order valence-corrected chi connectivity index (χ3v) is 5.34. The van der Waals surface area contributed by atoms with E-state index in [4.69, 9.17) is 4.42 Å². The fourth-order valence-electron chi connectivity index (χ4n) is 3.76. The number of rotatable bonds is 5. The largest absolute Gasteiger partial charge is 0.459 e. The van der Waals surface area contributed by atoms with E-state index in [9.17, 15) is 4.79 Å². The summed E-state index contributed by atoms with van der Waals surface area (Å²) >= 11 is 0. The Morgan fingerprint density at radius 3 is 2.41 bits per heavy atom. The van der Waals surface area contributed by atoms with Gasteiger partial charge >= 0.3 is 0 Å². The smallest absolute Gasteiger partial charge is 0.289 e. The molecular formula is C21H26N6O2.